The number of fused-ring (bicyclic) bond motifs is 3. The quantitative estimate of drug-likeness (QED) is 0.305. The molecule has 0 aromatic heterocycles. The summed E-state index contributed by atoms with van der Waals surface area (Å²) in [7, 11) is 1.76. The van der Waals surface area contributed by atoms with Crippen molar-refractivity contribution in [1.82, 2.24) is 9.80 Å². The van der Waals surface area contributed by atoms with Crippen LogP contribution in [0.2, 0.25) is 0 Å². The van der Waals surface area contributed by atoms with E-state index in [2.05, 4.69) is 72.1 Å². The van der Waals surface area contributed by atoms with Crippen molar-refractivity contribution in [3.63, 3.8) is 0 Å². The third-order valence-corrected chi connectivity index (χ3v) is 12.3. The monoisotopic (exact) mass is 593 g/mol. The lowest BCUT2D eigenvalue weighted by atomic mass is 9.45. The zero-order valence-corrected chi connectivity index (χ0v) is 31.1. The van der Waals surface area contributed by atoms with Crippen molar-refractivity contribution in [2.45, 2.75) is 159 Å². The molecule has 3 aliphatic carbocycles. The second kappa shape index (κ2) is 21.6. The van der Waals surface area contributed by atoms with Crippen molar-refractivity contribution in [3.8, 4) is 0 Å². The molecule has 42 heavy (non-hydrogen) atoms. The lowest BCUT2D eigenvalue weighted by Gasteiger charge is -2.60. The maximum absolute atomic E-state index is 5.05. The Morgan fingerprint density at radius 1 is 0.738 bits per heavy atom. The van der Waals surface area contributed by atoms with Gasteiger partial charge in [-0.3, -0.25) is 0 Å². The minimum atomic E-state index is 0.486. The number of rotatable bonds is 6. The molecule has 0 N–H and O–H groups in total. The number of likely N-dealkylation sites (tertiary alicyclic amines) is 1. The molecule has 4 aliphatic heterocycles. The molecule has 3 saturated carbocycles. The molecular weight excluding hydrogens is 512 g/mol. The first kappa shape index (κ1) is 39.9. The Bertz CT molecular complexity index is 633. The molecule has 4 saturated heterocycles. The summed E-state index contributed by atoms with van der Waals surface area (Å²) in [6, 6.07) is 0. The van der Waals surface area contributed by atoms with Crippen LogP contribution in [-0.2, 0) is 4.74 Å². The normalized spacial score (nSPS) is 35.1. The van der Waals surface area contributed by atoms with Gasteiger partial charge < -0.3 is 14.5 Å². The van der Waals surface area contributed by atoms with Gasteiger partial charge in [0.2, 0.25) is 0 Å². The third kappa shape index (κ3) is 12.0. The minimum absolute atomic E-state index is 0.486. The van der Waals surface area contributed by atoms with E-state index in [1.807, 2.05) is 13.8 Å². The molecule has 0 aromatic rings. The molecule has 0 radical (unpaired) electrons. The first-order chi connectivity index (χ1) is 20.2. The van der Waals surface area contributed by atoms with Crippen molar-refractivity contribution in [3.05, 3.63) is 0 Å². The molecule has 2 bridgehead atoms. The highest BCUT2D eigenvalue weighted by molar-refractivity contribution is 5.12. The van der Waals surface area contributed by atoms with Gasteiger partial charge in [-0.25, -0.2) is 0 Å². The molecule has 252 valence electrons. The molecule has 7 rings (SSSR count). The lowest BCUT2D eigenvalue weighted by molar-refractivity contribution is -0.106. The minimum Gasteiger partial charge on any atom is -0.381 e. The summed E-state index contributed by atoms with van der Waals surface area (Å²) < 4.78 is 5.05. The highest BCUT2D eigenvalue weighted by Gasteiger charge is 2.63. The summed E-state index contributed by atoms with van der Waals surface area (Å²) in [5.74, 6) is 7.41. The van der Waals surface area contributed by atoms with Crippen LogP contribution in [0.4, 0.5) is 0 Å². The second-order valence-corrected chi connectivity index (χ2v) is 14.8. The number of piperidine rings is 3. The molecule has 1 spiro atoms. The van der Waals surface area contributed by atoms with Crippen molar-refractivity contribution in [1.29, 1.82) is 0 Å². The number of hydrogen-bond donors (Lipinski definition) is 0. The van der Waals surface area contributed by atoms with Crippen LogP contribution in [-0.4, -0.2) is 62.3 Å². The summed E-state index contributed by atoms with van der Waals surface area (Å²) in [6.07, 6.45) is 17.7. The zero-order chi connectivity index (χ0) is 31.7. The van der Waals surface area contributed by atoms with Gasteiger partial charge in [-0.1, -0.05) is 89.0 Å². The largest absolute Gasteiger partial charge is 0.381 e. The van der Waals surface area contributed by atoms with Crippen molar-refractivity contribution in [2.24, 2.45) is 46.8 Å². The molecule has 0 aromatic carbocycles. The molecule has 0 amide bonds. The first-order valence-corrected chi connectivity index (χ1v) is 19.1. The molecule has 3 nitrogen and oxygen atoms in total. The second-order valence-electron chi connectivity index (χ2n) is 14.8. The van der Waals surface area contributed by atoms with E-state index >= 15 is 0 Å². The zero-order valence-electron chi connectivity index (χ0n) is 31.1. The molecule has 7 fully saturated rings. The van der Waals surface area contributed by atoms with Crippen LogP contribution in [0, 0.1) is 46.8 Å². The van der Waals surface area contributed by atoms with Gasteiger partial charge in [0.15, 0.2) is 0 Å². The fourth-order valence-electron chi connectivity index (χ4n) is 8.64. The number of hydrogen-bond acceptors (Lipinski definition) is 3. The molecule has 3 heteroatoms. The fraction of sp³-hybridized carbons (Fsp3) is 1.00. The van der Waals surface area contributed by atoms with Gasteiger partial charge in [0.05, 0.1) is 6.10 Å². The molecule has 7 aliphatic rings. The van der Waals surface area contributed by atoms with E-state index in [9.17, 15) is 0 Å². The van der Waals surface area contributed by atoms with Gasteiger partial charge in [-0.2, -0.15) is 0 Å². The van der Waals surface area contributed by atoms with Crippen molar-refractivity contribution < 1.29 is 4.74 Å². The SMILES string of the molecule is CC.CC1CC23CCC2CCC13.CC1CN2CCC1CC2.CCC(C)CC.CCC(CC)OC.CCN1CCC(C)C1. The Morgan fingerprint density at radius 2 is 1.36 bits per heavy atom. The van der Waals surface area contributed by atoms with Gasteiger partial charge >= 0.3 is 0 Å². The number of nitrogens with zero attached hydrogens (tertiary/aromatic N) is 2. The topological polar surface area (TPSA) is 15.7 Å². The molecule has 4 heterocycles. The van der Waals surface area contributed by atoms with Gasteiger partial charge in [0.1, 0.15) is 0 Å². The van der Waals surface area contributed by atoms with Crippen LogP contribution < -0.4 is 0 Å². The van der Waals surface area contributed by atoms with Gasteiger partial charge in [0.25, 0.3) is 0 Å². The Balaban J connectivity index is 0.000000262. The van der Waals surface area contributed by atoms with E-state index in [1.54, 1.807) is 39.2 Å². The lowest BCUT2D eigenvalue weighted by Crippen LogP contribution is -2.52. The first-order valence-electron chi connectivity index (χ1n) is 19.1. The van der Waals surface area contributed by atoms with Crippen LogP contribution in [0.1, 0.15) is 153 Å². The summed E-state index contributed by atoms with van der Waals surface area (Å²) in [5.41, 5.74) is 0.944. The maximum atomic E-state index is 5.05. The Kier molecular flexibility index (Phi) is 20.5. The van der Waals surface area contributed by atoms with Crippen LogP contribution in [0.25, 0.3) is 0 Å². The maximum Gasteiger partial charge on any atom is 0.0566 e. The van der Waals surface area contributed by atoms with E-state index in [0.717, 1.165) is 47.8 Å². The average molecular weight is 593 g/mol. The summed E-state index contributed by atoms with van der Waals surface area (Å²) >= 11 is 0. The smallest absolute Gasteiger partial charge is 0.0566 e. The Morgan fingerprint density at radius 3 is 1.57 bits per heavy atom. The highest BCUT2D eigenvalue weighted by Crippen LogP contribution is 2.72. The number of methoxy groups -OCH3 is 1. The van der Waals surface area contributed by atoms with Gasteiger partial charge in [-0.05, 0) is 137 Å². The summed E-state index contributed by atoms with van der Waals surface area (Å²) in [4.78, 5) is 5.11. The summed E-state index contributed by atoms with van der Waals surface area (Å²) in [5, 5.41) is 0. The van der Waals surface area contributed by atoms with E-state index in [0.29, 0.717) is 6.10 Å². The van der Waals surface area contributed by atoms with E-state index < -0.39 is 0 Å². The molecular formula is C39H80N2O. The molecule has 6 atom stereocenters. The van der Waals surface area contributed by atoms with E-state index in [1.165, 1.54) is 83.2 Å². The summed E-state index contributed by atoms with van der Waals surface area (Å²) in [6.45, 7) is 32.5. The van der Waals surface area contributed by atoms with E-state index in [-0.39, 0.29) is 0 Å². The molecule has 6 unspecified atom stereocenters. The fourth-order valence-corrected chi connectivity index (χ4v) is 8.64. The van der Waals surface area contributed by atoms with Gasteiger partial charge in [0, 0.05) is 20.2 Å². The van der Waals surface area contributed by atoms with Gasteiger partial charge in [-0.15, -0.1) is 0 Å². The Hall–Kier alpha value is -0.120. The standard InChI is InChI=1S/C10H16.C8H15N.C7H15N.C6H14O.C6H14.C2H6/c1-7-6-10-5-4-8(10)2-3-9(7)10;1-7-6-9-4-2-8(7)3-5-9;1-3-8-5-4-7(2)6-8;1-4-6(5-2)7-3;1-4-6(3)5-2;1-2/h7-9H,2-6H2,1H3;7-8H,2-6H2,1H3;7H,3-6H2,1-2H3;6H,4-5H2,1-3H3;6H,4-5H2,1-3H3;1-2H3. The van der Waals surface area contributed by atoms with Crippen LogP contribution in [0.15, 0.2) is 0 Å². The van der Waals surface area contributed by atoms with Crippen LogP contribution in [0.3, 0.4) is 0 Å². The highest BCUT2D eigenvalue weighted by atomic mass is 16.5. The predicted octanol–water partition coefficient (Wildman–Crippen LogP) is 10.8. The van der Waals surface area contributed by atoms with Crippen LogP contribution in [0.5, 0.6) is 0 Å². The van der Waals surface area contributed by atoms with Crippen molar-refractivity contribution in [2.75, 3.05) is 46.4 Å². The van der Waals surface area contributed by atoms with Crippen LogP contribution >= 0.6 is 0 Å². The third-order valence-electron chi connectivity index (χ3n) is 12.3. The predicted molar refractivity (Wildman–Crippen MR) is 188 cm³/mol. The average Bonchev–Trinajstić information content (AvgIpc) is 3.53. The number of ether oxygens (including phenoxy) is 1. The van der Waals surface area contributed by atoms with Crippen molar-refractivity contribution >= 4 is 0 Å². The van der Waals surface area contributed by atoms with E-state index in [4.69, 9.17) is 4.74 Å². The Labute approximate surface area is 266 Å².